The van der Waals surface area contributed by atoms with Crippen molar-refractivity contribution >= 4 is 52.7 Å². The lowest BCUT2D eigenvalue weighted by Crippen LogP contribution is -2.55. The van der Waals surface area contributed by atoms with Crippen LogP contribution >= 0.6 is 24.0 Å². The van der Waals surface area contributed by atoms with Crippen LogP contribution in [0, 0.1) is 10.1 Å². The minimum atomic E-state index is -0.530. The molecule has 1 aliphatic heterocycles. The highest BCUT2D eigenvalue weighted by atomic mass is 32.2. The molecule has 144 valence electrons. The normalized spacial score (nSPS) is 14.8. The molecule has 1 N–H and O–H groups in total. The van der Waals surface area contributed by atoms with Gasteiger partial charge in [-0.3, -0.25) is 29.5 Å². The molecular formula is C17H19N3O5S2. The molecule has 1 heterocycles. The van der Waals surface area contributed by atoms with Gasteiger partial charge >= 0.3 is 0 Å². The Morgan fingerprint density at radius 3 is 2.30 bits per heavy atom. The number of carbonyl (C=O) groups excluding carboxylic acids is 2. The Balaban J connectivity index is 2.47. The fraction of sp³-hybridized carbons (Fsp3) is 0.353. The molecular weight excluding hydrogens is 390 g/mol. The van der Waals surface area contributed by atoms with Crippen LogP contribution in [-0.2, 0) is 9.59 Å². The van der Waals surface area contributed by atoms with Crippen molar-refractivity contribution in [2.45, 2.75) is 18.7 Å². The van der Waals surface area contributed by atoms with Crippen molar-refractivity contribution in [2.75, 3.05) is 25.4 Å². The molecule has 0 spiro atoms. The summed E-state index contributed by atoms with van der Waals surface area (Å²) in [7, 11) is 0. The molecule has 27 heavy (non-hydrogen) atoms. The van der Waals surface area contributed by atoms with E-state index >= 15 is 0 Å². The van der Waals surface area contributed by atoms with Crippen LogP contribution in [0.25, 0.3) is 6.08 Å². The number of thioether (sulfide) groups is 1. The number of amides is 2. The fourth-order valence-corrected chi connectivity index (χ4v) is 3.77. The summed E-state index contributed by atoms with van der Waals surface area (Å²) in [6.45, 7) is 4.04. The Bertz CT molecular complexity index is 797. The predicted octanol–water partition coefficient (Wildman–Crippen LogP) is 2.06. The lowest BCUT2D eigenvalue weighted by Gasteiger charge is -2.35. The number of thiocarbonyl (C=S) groups is 1. The number of aliphatic hydroxyl groups is 1. The van der Waals surface area contributed by atoms with E-state index in [2.05, 4.69) is 0 Å². The van der Waals surface area contributed by atoms with Gasteiger partial charge in [-0.05, 0) is 43.8 Å². The van der Waals surface area contributed by atoms with E-state index in [4.69, 9.17) is 17.3 Å². The van der Waals surface area contributed by atoms with Gasteiger partial charge in [0.05, 0.1) is 16.4 Å². The molecule has 0 unspecified atom stereocenters. The molecule has 0 saturated carbocycles. The first-order valence-corrected chi connectivity index (χ1v) is 9.66. The van der Waals surface area contributed by atoms with E-state index in [1.807, 2.05) is 0 Å². The Morgan fingerprint density at radius 1 is 1.22 bits per heavy atom. The highest BCUT2D eigenvalue weighted by Gasteiger charge is 2.37. The molecule has 1 saturated heterocycles. The number of rotatable bonds is 7. The summed E-state index contributed by atoms with van der Waals surface area (Å²) in [6.07, 6.45) is 1.35. The van der Waals surface area contributed by atoms with Crippen molar-refractivity contribution in [3.8, 4) is 0 Å². The van der Waals surface area contributed by atoms with Gasteiger partial charge in [0, 0.05) is 24.9 Å². The third-order valence-corrected chi connectivity index (χ3v) is 5.37. The molecule has 1 aromatic carbocycles. The number of aliphatic hydroxyl groups excluding tert-OH is 1. The number of hydrogen-bond donors (Lipinski definition) is 1. The van der Waals surface area contributed by atoms with Gasteiger partial charge in [-0.15, -0.1) is 11.8 Å². The zero-order valence-corrected chi connectivity index (χ0v) is 16.5. The first-order valence-electron chi connectivity index (χ1n) is 8.27. The number of nitro groups is 1. The molecule has 0 bridgehead atoms. The van der Waals surface area contributed by atoms with Crippen molar-refractivity contribution in [1.29, 1.82) is 0 Å². The standard InChI is InChI=1S/C17H19N3O5S2/c1-3-18-15(22)12(16(23)19(4-2)17(18)26)9-11-5-6-14(27-8-7-21)13(10-11)20(24)25/h5-6,9-10,21H,3-4,7-8H2,1-2H3. The average molecular weight is 409 g/mol. The van der Waals surface area contributed by atoms with Gasteiger partial charge in [-0.25, -0.2) is 0 Å². The number of benzene rings is 1. The Morgan fingerprint density at radius 2 is 1.81 bits per heavy atom. The lowest BCUT2D eigenvalue weighted by atomic mass is 10.1. The summed E-state index contributed by atoms with van der Waals surface area (Å²) in [4.78, 5) is 39.1. The van der Waals surface area contributed by atoms with Crippen molar-refractivity contribution in [2.24, 2.45) is 0 Å². The number of nitro benzene ring substituents is 1. The van der Waals surface area contributed by atoms with Crippen LogP contribution in [0.4, 0.5) is 5.69 Å². The molecule has 0 atom stereocenters. The number of nitrogens with zero attached hydrogens (tertiary/aromatic N) is 3. The van der Waals surface area contributed by atoms with Crippen LogP contribution in [0.5, 0.6) is 0 Å². The summed E-state index contributed by atoms with van der Waals surface area (Å²) in [5.74, 6) is -0.704. The molecule has 1 aromatic rings. The van der Waals surface area contributed by atoms with Crippen molar-refractivity contribution in [1.82, 2.24) is 9.80 Å². The van der Waals surface area contributed by atoms with E-state index in [1.165, 1.54) is 21.9 Å². The second-order valence-electron chi connectivity index (χ2n) is 5.50. The number of hydrogen-bond acceptors (Lipinski definition) is 7. The van der Waals surface area contributed by atoms with Crippen LogP contribution in [0.2, 0.25) is 0 Å². The summed E-state index contributed by atoms with van der Waals surface area (Å²) < 4.78 is 0. The molecule has 2 amide bonds. The minimum absolute atomic E-state index is 0.0858. The van der Waals surface area contributed by atoms with E-state index in [-0.39, 0.29) is 23.0 Å². The average Bonchev–Trinajstić information content (AvgIpc) is 2.64. The van der Waals surface area contributed by atoms with Gasteiger partial charge < -0.3 is 5.11 Å². The summed E-state index contributed by atoms with van der Waals surface area (Å²) in [6, 6.07) is 4.45. The lowest BCUT2D eigenvalue weighted by molar-refractivity contribution is -0.387. The first-order chi connectivity index (χ1) is 12.8. The van der Waals surface area contributed by atoms with E-state index in [0.717, 1.165) is 11.8 Å². The van der Waals surface area contributed by atoms with E-state index in [9.17, 15) is 19.7 Å². The van der Waals surface area contributed by atoms with Crippen LogP contribution in [-0.4, -0.2) is 62.2 Å². The minimum Gasteiger partial charge on any atom is -0.396 e. The molecule has 0 aliphatic carbocycles. The van der Waals surface area contributed by atoms with Crippen molar-refractivity contribution < 1.29 is 19.6 Å². The predicted molar refractivity (Wildman–Crippen MR) is 106 cm³/mol. The SMILES string of the molecule is CCN1C(=O)C(=Cc2ccc(SCCO)c([N+](=O)[O-])c2)C(=O)N(CC)C1=S. The molecule has 2 rings (SSSR count). The van der Waals surface area contributed by atoms with Gasteiger partial charge in [-0.1, -0.05) is 6.07 Å². The third kappa shape index (κ3) is 4.34. The second-order valence-corrected chi connectivity index (χ2v) is 7.00. The topological polar surface area (TPSA) is 104 Å². The zero-order valence-electron chi connectivity index (χ0n) is 14.9. The van der Waals surface area contributed by atoms with Crippen molar-refractivity contribution in [3.05, 3.63) is 39.4 Å². The molecule has 0 radical (unpaired) electrons. The maximum atomic E-state index is 12.6. The van der Waals surface area contributed by atoms with Crippen LogP contribution in [0.3, 0.4) is 0 Å². The molecule has 1 fully saturated rings. The van der Waals surface area contributed by atoms with E-state index in [0.29, 0.717) is 29.3 Å². The Kier molecular flexibility index (Phi) is 7.05. The van der Waals surface area contributed by atoms with Gasteiger partial charge in [0.15, 0.2) is 5.11 Å². The van der Waals surface area contributed by atoms with Gasteiger partial charge in [0.2, 0.25) is 0 Å². The molecule has 1 aliphatic rings. The van der Waals surface area contributed by atoms with Crippen molar-refractivity contribution in [3.63, 3.8) is 0 Å². The van der Waals surface area contributed by atoms with Gasteiger partial charge in [-0.2, -0.15) is 0 Å². The van der Waals surface area contributed by atoms with E-state index < -0.39 is 16.7 Å². The summed E-state index contributed by atoms with van der Waals surface area (Å²) >= 11 is 6.36. The second kappa shape index (κ2) is 9.07. The highest BCUT2D eigenvalue weighted by molar-refractivity contribution is 7.99. The molecule has 0 aromatic heterocycles. The highest BCUT2D eigenvalue weighted by Crippen LogP contribution is 2.31. The van der Waals surface area contributed by atoms with Crippen LogP contribution < -0.4 is 0 Å². The fourth-order valence-electron chi connectivity index (χ4n) is 2.59. The van der Waals surface area contributed by atoms with Gasteiger partial charge in [0.1, 0.15) is 5.57 Å². The summed E-state index contributed by atoms with van der Waals surface area (Å²) in [5.41, 5.74) is 0.137. The summed E-state index contributed by atoms with van der Waals surface area (Å²) in [5, 5.41) is 20.4. The quantitative estimate of drug-likeness (QED) is 0.184. The van der Waals surface area contributed by atoms with E-state index in [1.54, 1.807) is 26.0 Å². The number of carbonyl (C=O) groups is 2. The third-order valence-electron chi connectivity index (χ3n) is 3.88. The maximum absolute atomic E-state index is 12.6. The largest absolute Gasteiger partial charge is 0.396 e. The van der Waals surface area contributed by atoms with Gasteiger partial charge in [0.25, 0.3) is 17.5 Å². The van der Waals surface area contributed by atoms with Crippen LogP contribution in [0.1, 0.15) is 19.4 Å². The first kappa shape index (κ1) is 21.0. The Hall–Kier alpha value is -2.30. The Labute approximate surface area is 166 Å². The zero-order chi connectivity index (χ0) is 20.1. The monoisotopic (exact) mass is 409 g/mol. The van der Waals surface area contributed by atoms with Crippen LogP contribution in [0.15, 0.2) is 28.7 Å². The molecule has 8 nitrogen and oxygen atoms in total. The maximum Gasteiger partial charge on any atom is 0.283 e. The smallest absolute Gasteiger partial charge is 0.283 e. The number of likely N-dealkylation sites (N-methyl/N-ethyl adjacent to an activating group) is 2. The molecule has 10 heteroatoms.